The highest BCUT2D eigenvalue weighted by Crippen LogP contribution is 1.99. The molecule has 0 aromatic carbocycles. The van der Waals surface area contributed by atoms with Gasteiger partial charge in [-0.25, -0.2) is 4.79 Å². The van der Waals surface area contributed by atoms with E-state index in [0.29, 0.717) is 19.3 Å². The standard InChI is InChI=1S/C9H14O4/c1-2-13-9(12)8(11)6-4-3-5-7-10/h7H,2-6H2,1H3. The molecule has 0 aromatic rings. The summed E-state index contributed by atoms with van der Waals surface area (Å²) in [5.41, 5.74) is 0. The fourth-order valence-corrected chi connectivity index (χ4v) is 0.827. The van der Waals surface area contributed by atoms with Gasteiger partial charge in [0.2, 0.25) is 5.78 Å². The van der Waals surface area contributed by atoms with Crippen molar-refractivity contribution in [3.63, 3.8) is 0 Å². The van der Waals surface area contributed by atoms with Crippen molar-refractivity contribution in [1.29, 1.82) is 0 Å². The Hall–Kier alpha value is -1.19. The van der Waals surface area contributed by atoms with Gasteiger partial charge in [0.1, 0.15) is 6.29 Å². The molecule has 0 fully saturated rings. The topological polar surface area (TPSA) is 60.4 Å². The lowest BCUT2D eigenvalue weighted by molar-refractivity contribution is -0.153. The number of aldehydes is 1. The second kappa shape index (κ2) is 7.46. The monoisotopic (exact) mass is 186 g/mol. The summed E-state index contributed by atoms with van der Waals surface area (Å²) >= 11 is 0. The van der Waals surface area contributed by atoms with Crippen LogP contribution in [0.5, 0.6) is 0 Å². The Labute approximate surface area is 77.3 Å². The number of esters is 1. The Morgan fingerprint density at radius 2 is 2.00 bits per heavy atom. The first-order chi connectivity index (χ1) is 6.22. The number of Topliss-reactive ketones (excluding diaryl/α,β-unsaturated/α-hetero) is 1. The first-order valence-corrected chi connectivity index (χ1v) is 4.36. The second-order valence-corrected chi connectivity index (χ2v) is 2.56. The van der Waals surface area contributed by atoms with Crippen LogP contribution in [-0.2, 0) is 19.1 Å². The molecular weight excluding hydrogens is 172 g/mol. The Bertz CT molecular complexity index is 186. The van der Waals surface area contributed by atoms with Crippen LogP contribution in [0, 0.1) is 0 Å². The summed E-state index contributed by atoms with van der Waals surface area (Å²) in [5, 5.41) is 0. The summed E-state index contributed by atoms with van der Waals surface area (Å²) in [5.74, 6) is -1.28. The predicted molar refractivity (Wildman–Crippen MR) is 46.2 cm³/mol. The maximum absolute atomic E-state index is 10.9. The maximum Gasteiger partial charge on any atom is 0.374 e. The summed E-state index contributed by atoms with van der Waals surface area (Å²) in [6, 6.07) is 0. The quantitative estimate of drug-likeness (QED) is 0.256. The Kier molecular flexibility index (Phi) is 6.78. The third-order valence-electron chi connectivity index (χ3n) is 1.48. The molecule has 0 bridgehead atoms. The summed E-state index contributed by atoms with van der Waals surface area (Å²) in [6.45, 7) is 1.87. The molecule has 0 rings (SSSR count). The Balaban J connectivity index is 3.50. The van der Waals surface area contributed by atoms with E-state index >= 15 is 0 Å². The van der Waals surface area contributed by atoms with Crippen molar-refractivity contribution in [3.05, 3.63) is 0 Å². The van der Waals surface area contributed by atoms with E-state index in [9.17, 15) is 14.4 Å². The molecule has 0 amide bonds. The molecule has 4 heteroatoms. The van der Waals surface area contributed by atoms with E-state index < -0.39 is 11.8 Å². The highest BCUT2D eigenvalue weighted by atomic mass is 16.5. The number of hydrogen-bond donors (Lipinski definition) is 0. The van der Waals surface area contributed by atoms with Gasteiger partial charge in [-0.2, -0.15) is 0 Å². The minimum Gasteiger partial charge on any atom is -0.460 e. The average Bonchev–Trinajstić information content (AvgIpc) is 2.12. The summed E-state index contributed by atoms with van der Waals surface area (Å²) < 4.78 is 4.50. The van der Waals surface area contributed by atoms with Gasteiger partial charge in [0.25, 0.3) is 0 Å². The smallest absolute Gasteiger partial charge is 0.374 e. The molecule has 0 saturated carbocycles. The molecule has 0 aliphatic carbocycles. The van der Waals surface area contributed by atoms with Crippen molar-refractivity contribution < 1.29 is 19.1 Å². The van der Waals surface area contributed by atoms with Crippen molar-refractivity contribution in [2.75, 3.05) is 6.61 Å². The molecule has 13 heavy (non-hydrogen) atoms. The van der Waals surface area contributed by atoms with Gasteiger partial charge >= 0.3 is 5.97 Å². The van der Waals surface area contributed by atoms with Crippen LogP contribution in [0.1, 0.15) is 32.6 Å². The molecule has 4 nitrogen and oxygen atoms in total. The first-order valence-electron chi connectivity index (χ1n) is 4.36. The van der Waals surface area contributed by atoms with Gasteiger partial charge in [0, 0.05) is 12.8 Å². The second-order valence-electron chi connectivity index (χ2n) is 2.56. The van der Waals surface area contributed by atoms with Gasteiger partial charge in [0.05, 0.1) is 6.61 Å². The van der Waals surface area contributed by atoms with Crippen molar-refractivity contribution >= 4 is 18.0 Å². The molecule has 0 N–H and O–H groups in total. The lowest BCUT2D eigenvalue weighted by Crippen LogP contribution is -2.16. The Morgan fingerprint density at radius 3 is 2.54 bits per heavy atom. The summed E-state index contributed by atoms with van der Waals surface area (Å²) in [7, 11) is 0. The van der Waals surface area contributed by atoms with Crippen LogP contribution in [0.15, 0.2) is 0 Å². The number of carbonyl (C=O) groups is 3. The molecule has 0 heterocycles. The van der Waals surface area contributed by atoms with Gasteiger partial charge in [0.15, 0.2) is 0 Å². The number of hydrogen-bond acceptors (Lipinski definition) is 4. The highest BCUT2D eigenvalue weighted by molar-refractivity contribution is 6.33. The first kappa shape index (κ1) is 11.8. The normalized spacial score (nSPS) is 9.31. The van der Waals surface area contributed by atoms with Crippen LogP contribution >= 0.6 is 0 Å². The SMILES string of the molecule is CCOC(=O)C(=O)CCCCC=O. The molecule has 0 unspecified atom stereocenters. The van der Waals surface area contributed by atoms with Crippen LogP contribution in [0.2, 0.25) is 0 Å². The minimum atomic E-state index is -0.770. The number of unbranched alkanes of at least 4 members (excludes halogenated alkanes) is 2. The van der Waals surface area contributed by atoms with Crippen LogP contribution in [-0.4, -0.2) is 24.6 Å². The number of rotatable bonds is 7. The highest BCUT2D eigenvalue weighted by Gasteiger charge is 2.13. The fraction of sp³-hybridized carbons (Fsp3) is 0.667. The molecule has 0 saturated heterocycles. The minimum absolute atomic E-state index is 0.173. The third-order valence-corrected chi connectivity index (χ3v) is 1.48. The van der Waals surface area contributed by atoms with E-state index in [1.54, 1.807) is 6.92 Å². The maximum atomic E-state index is 10.9. The lowest BCUT2D eigenvalue weighted by atomic mass is 10.1. The van der Waals surface area contributed by atoms with Crippen LogP contribution < -0.4 is 0 Å². The molecule has 0 radical (unpaired) electrons. The van der Waals surface area contributed by atoms with Crippen molar-refractivity contribution in [3.8, 4) is 0 Å². The van der Waals surface area contributed by atoms with Crippen molar-refractivity contribution in [2.24, 2.45) is 0 Å². The van der Waals surface area contributed by atoms with E-state index in [4.69, 9.17) is 0 Å². The van der Waals surface area contributed by atoms with Gasteiger partial charge in [-0.05, 0) is 19.8 Å². The van der Waals surface area contributed by atoms with E-state index in [2.05, 4.69) is 4.74 Å². The zero-order valence-corrected chi connectivity index (χ0v) is 7.75. The zero-order valence-electron chi connectivity index (χ0n) is 7.75. The van der Waals surface area contributed by atoms with Crippen LogP contribution in [0.4, 0.5) is 0 Å². The summed E-state index contributed by atoms with van der Waals surface area (Å²) in [6.07, 6.45) is 2.63. The molecule has 0 spiro atoms. The fourth-order valence-electron chi connectivity index (χ4n) is 0.827. The van der Waals surface area contributed by atoms with Crippen molar-refractivity contribution in [2.45, 2.75) is 32.6 Å². The number of carbonyl (C=O) groups excluding carboxylic acids is 3. The van der Waals surface area contributed by atoms with Crippen LogP contribution in [0.3, 0.4) is 0 Å². The lowest BCUT2D eigenvalue weighted by Gasteiger charge is -1.99. The predicted octanol–water partition coefficient (Wildman–Crippen LogP) is 0.878. The van der Waals surface area contributed by atoms with Crippen LogP contribution in [0.25, 0.3) is 0 Å². The molecule has 0 atom stereocenters. The zero-order chi connectivity index (χ0) is 10.1. The van der Waals surface area contributed by atoms with Gasteiger partial charge in [-0.1, -0.05) is 0 Å². The molecule has 0 aromatic heterocycles. The summed E-state index contributed by atoms with van der Waals surface area (Å²) in [4.78, 5) is 31.6. The molecular formula is C9H14O4. The van der Waals surface area contributed by atoms with E-state index in [1.807, 2.05) is 0 Å². The van der Waals surface area contributed by atoms with Gasteiger partial charge in [-0.3, -0.25) is 4.79 Å². The van der Waals surface area contributed by atoms with Gasteiger partial charge < -0.3 is 9.53 Å². The van der Waals surface area contributed by atoms with E-state index in [-0.39, 0.29) is 13.0 Å². The molecule has 0 aliphatic heterocycles. The molecule has 0 aliphatic rings. The largest absolute Gasteiger partial charge is 0.460 e. The van der Waals surface area contributed by atoms with Crippen molar-refractivity contribution in [1.82, 2.24) is 0 Å². The average molecular weight is 186 g/mol. The number of ketones is 1. The Morgan fingerprint density at radius 1 is 1.31 bits per heavy atom. The number of ether oxygens (including phenoxy) is 1. The van der Waals surface area contributed by atoms with Gasteiger partial charge in [-0.15, -0.1) is 0 Å². The molecule has 74 valence electrons. The third kappa shape index (κ3) is 6.02. The van der Waals surface area contributed by atoms with E-state index in [1.165, 1.54) is 0 Å². The van der Waals surface area contributed by atoms with E-state index in [0.717, 1.165) is 6.29 Å².